The lowest BCUT2D eigenvalue weighted by Gasteiger charge is -2.29. The van der Waals surface area contributed by atoms with E-state index in [2.05, 4.69) is 0 Å². The molecule has 7 nitrogen and oxygen atoms in total. The number of aliphatic carboxylic acids is 1. The molecule has 7 heteroatoms. The first kappa shape index (κ1) is 18.4. The number of carbonyl (C=O) groups excluding carboxylic acids is 3. The average Bonchev–Trinajstić information content (AvgIpc) is 2.95. The Morgan fingerprint density at radius 1 is 1.27 bits per heavy atom. The number of allylic oxidation sites excluding steroid dienone is 1. The number of hydrogen-bond acceptors (Lipinski definition) is 6. The van der Waals surface area contributed by atoms with Gasteiger partial charge in [0, 0.05) is 23.8 Å². The van der Waals surface area contributed by atoms with Crippen LogP contribution in [0, 0.1) is 17.8 Å². The average molecular weight is 362 g/mol. The van der Waals surface area contributed by atoms with Crippen molar-refractivity contribution >= 4 is 23.7 Å². The normalized spacial score (nSPS) is 33.2. The third-order valence-electron chi connectivity index (χ3n) is 5.56. The van der Waals surface area contributed by atoms with E-state index in [0.717, 1.165) is 11.1 Å². The van der Waals surface area contributed by atoms with Gasteiger partial charge in [0.1, 0.15) is 12.2 Å². The van der Waals surface area contributed by atoms with Gasteiger partial charge in [0.15, 0.2) is 5.78 Å². The highest BCUT2D eigenvalue weighted by molar-refractivity contribution is 6.09. The molecule has 0 aromatic rings. The smallest absolute Gasteiger partial charge is 0.309 e. The third kappa shape index (κ3) is 3.06. The van der Waals surface area contributed by atoms with Crippen LogP contribution in [0.1, 0.15) is 40.0 Å². The molecule has 3 rings (SSSR count). The summed E-state index contributed by atoms with van der Waals surface area (Å²) < 4.78 is 11.2. The summed E-state index contributed by atoms with van der Waals surface area (Å²) in [6.07, 6.45) is 0.194. The molecule has 0 spiro atoms. The van der Waals surface area contributed by atoms with Crippen LogP contribution in [-0.2, 0) is 28.7 Å². The van der Waals surface area contributed by atoms with Gasteiger partial charge in [0.2, 0.25) is 0 Å². The van der Waals surface area contributed by atoms with Crippen molar-refractivity contribution < 1.29 is 33.8 Å². The molecule has 1 saturated heterocycles. The zero-order chi connectivity index (χ0) is 19.2. The summed E-state index contributed by atoms with van der Waals surface area (Å²) in [6.45, 7) is 5.41. The van der Waals surface area contributed by atoms with Crippen LogP contribution in [0.4, 0.5) is 0 Å². The molecular weight excluding hydrogens is 340 g/mol. The molecule has 1 N–H and O–H groups in total. The Kier molecular flexibility index (Phi) is 4.73. The van der Waals surface area contributed by atoms with Gasteiger partial charge in [-0.2, -0.15) is 0 Å². The summed E-state index contributed by atoms with van der Waals surface area (Å²) in [7, 11) is 0. The van der Waals surface area contributed by atoms with Gasteiger partial charge in [-0.3, -0.25) is 19.2 Å². The lowest BCUT2D eigenvalue weighted by Crippen LogP contribution is -2.38. The fraction of sp³-hybridized carbons (Fsp3) is 0.579. The van der Waals surface area contributed by atoms with E-state index in [1.54, 1.807) is 13.0 Å². The predicted molar refractivity (Wildman–Crippen MR) is 88.9 cm³/mol. The van der Waals surface area contributed by atoms with Crippen molar-refractivity contribution in [3.63, 3.8) is 0 Å². The van der Waals surface area contributed by atoms with Crippen molar-refractivity contribution in [1.82, 2.24) is 0 Å². The second-order valence-corrected chi connectivity index (χ2v) is 7.32. The van der Waals surface area contributed by atoms with E-state index in [9.17, 15) is 19.2 Å². The summed E-state index contributed by atoms with van der Waals surface area (Å²) in [4.78, 5) is 47.3. The van der Waals surface area contributed by atoms with Gasteiger partial charge >= 0.3 is 17.9 Å². The zero-order valence-electron chi connectivity index (χ0n) is 15.0. The summed E-state index contributed by atoms with van der Waals surface area (Å²) >= 11 is 0. The van der Waals surface area contributed by atoms with Crippen molar-refractivity contribution in [3.8, 4) is 0 Å². The van der Waals surface area contributed by atoms with Crippen LogP contribution in [0.5, 0.6) is 0 Å². The minimum Gasteiger partial charge on any atom is -0.481 e. The maximum Gasteiger partial charge on any atom is 0.309 e. The van der Waals surface area contributed by atoms with Crippen LogP contribution in [0.2, 0.25) is 0 Å². The van der Waals surface area contributed by atoms with Crippen LogP contribution >= 0.6 is 0 Å². The highest BCUT2D eigenvalue weighted by Crippen LogP contribution is 2.48. The van der Waals surface area contributed by atoms with Crippen molar-refractivity contribution in [2.45, 2.75) is 52.2 Å². The van der Waals surface area contributed by atoms with E-state index >= 15 is 0 Å². The Balaban J connectivity index is 1.91. The van der Waals surface area contributed by atoms with Gasteiger partial charge in [-0.05, 0) is 19.9 Å². The Hall–Kier alpha value is -2.44. The standard InChI is InChI=1S/C19H22O7/c1-8-6-11(20)15-9(2)7-12(25-14(23)5-4-13(21)22)17-10(3)19(24)26-18(17)16(8)15/h6,10,12,16-18H,4-5,7H2,1-3H3,(H,21,22)/t10?,12-,16?,17?,18+/m0/s1. The molecule has 0 radical (unpaired) electrons. The topological polar surface area (TPSA) is 107 Å². The predicted octanol–water partition coefficient (Wildman–Crippen LogP) is 1.81. The van der Waals surface area contributed by atoms with E-state index in [0.29, 0.717) is 12.0 Å². The molecule has 140 valence electrons. The Morgan fingerprint density at radius 2 is 1.96 bits per heavy atom. The molecule has 26 heavy (non-hydrogen) atoms. The molecule has 2 aliphatic carbocycles. The van der Waals surface area contributed by atoms with Crippen LogP contribution < -0.4 is 0 Å². The Morgan fingerprint density at radius 3 is 2.62 bits per heavy atom. The second kappa shape index (κ2) is 6.70. The largest absolute Gasteiger partial charge is 0.481 e. The molecular formula is C19H22O7. The van der Waals surface area contributed by atoms with Gasteiger partial charge in [0.05, 0.1) is 18.8 Å². The Bertz CT molecular complexity index is 745. The molecule has 3 unspecified atom stereocenters. The van der Waals surface area contributed by atoms with Crippen molar-refractivity contribution in [2.24, 2.45) is 17.8 Å². The molecule has 1 fully saturated rings. The molecule has 1 heterocycles. The summed E-state index contributed by atoms with van der Waals surface area (Å²) in [6, 6.07) is 0. The lowest BCUT2D eigenvalue weighted by molar-refractivity contribution is -0.156. The maximum absolute atomic E-state index is 12.4. The van der Waals surface area contributed by atoms with Crippen LogP contribution in [0.25, 0.3) is 0 Å². The summed E-state index contributed by atoms with van der Waals surface area (Å²) in [5, 5.41) is 8.73. The fourth-order valence-electron chi connectivity index (χ4n) is 4.34. The number of carbonyl (C=O) groups is 4. The molecule has 0 bridgehead atoms. The number of hydrogen-bond donors (Lipinski definition) is 1. The van der Waals surface area contributed by atoms with Crippen LogP contribution in [0.15, 0.2) is 22.8 Å². The zero-order valence-corrected chi connectivity index (χ0v) is 15.0. The maximum atomic E-state index is 12.4. The van der Waals surface area contributed by atoms with Crippen LogP contribution in [-0.4, -0.2) is 41.0 Å². The van der Waals surface area contributed by atoms with Crippen molar-refractivity contribution in [3.05, 3.63) is 22.8 Å². The number of carboxylic acids is 1. The number of fused-ring (bicyclic) bond motifs is 3. The lowest BCUT2D eigenvalue weighted by atomic mass is 9.79. The van der Waals surface area contributed by atoms with E-state index < -0.39 is 30.1 Å². The van der Waals surface area contributed by atoms with Gasteiger partial charge in [-0.1, -0.05) is 18.1 Å². The number of rotatable bonds is 4. The van der Waals surface area contributed by atoms with E-state index in [1.165, 1.54) is 0 Å². The monoisotopic (exact) mass is 362 g/mol. The quantitative estimate of drug-likeness (QED) is 0.760. The molecule has 3 aliphatic rings. The van der Waals surface area contributed by atoms with Gasteiger partial charge in [-0.25, -0.2) is 0 Å². The molecule has 5 atom stereocenters. The van der Waals surface area contributed by atoms with Gasteiger partial charge < -0.3 is 14.6 Å². The molecule has 1 aliphatic heterocycles. The minimum absolute atomic E-state index is 0.0859. The number of carboxylic acid groups (broad SMARTS) is 1. The first-order valence-electron chi connectivity index (χ1n) is 8.74. The highest BCUT2D eigenvalue weighted by atomic mass is 16.6. The van der Waals surface area contributed by atoms with Gasteiger partial charge in [-0.15, -0.1) is 0 Å². The molecule has 0 saturated carbocycles. The summed E-state index contributed by atoms with van der Waals surface area (Å²) in [5.41, 5.74) is 2.30. The Labute approximate surface area is 151 Å². The van der Waals surface area contributed by atoms with Crippen LogP contribution in [0.3, 0.4) is 0 Å². The van der Waals surface area contributed by atoms with Crippen molar-refractivity contribution in [2.75, 3.05) is 0 Å². The number of esters is 2. The van der Waals surface area contributed by atoms with E-state index in [4.69, 9.17) is 14.6 Å². The van der Waals surface area contributed by atoms with E-state index in [1.807, 2.05) is 13.8 Å². The first-order chi connectivity index (χ1) is 12.2. The van der Waals surface area contributed by atoms with Crippen molar-refractivity contribution in [1.29, 1.82) is 0 Å². The van der Waals surface area contributed by atoms with E-state index in [-0.39, 0.29) is 36.4 Å². The molecule has 0 aromatic heterocycles. The second-order valence-electron chi connectivity index (χ2n) is 7.32. The summed E-state index contributed by atoms with van der Waals surface area (Å²) in [5.74, 6) is -3.28. The number of ether oxygens (including phenoxy) is 2. The fourth-order valence-corrected chi connectivity index (χ4v) is 4.34. The highest BCUT2D eigenvalue weighted by Gasteiger charge is 2.55. The van der Waals surface area contributed by atoms with Gasteiger partial charge in [0.25, 0.3) is 0 Å². The third-order valence-corrected chi connectivity index (χ3v) is 5.56. The molecule has 0 aromatic carbocycles. The first-order valence-corrected chi connectivity index (χ1v) is 8.74. The minimum atomic E-state index is -1.08. The molecule has 0 amide bonds. The number of ketones is 1. The SMILES string of the molecule is CC1=CC(=O)C2=C(C)C[C@H](OC(=O)CCC(=O)O)C3C(C)C(=O)O[C@@H]3C12.